The van der Waals surface area contributed by atoms with Crippen LogP contribution in [0.1, 0.15) is 17.0 Å². The quantitative estimate of drug-likeness (QED) is 0.302. The number of rotatable bonds is 7. The Labute approximate surface area is 188 Å². The van der Waals surface area contributed by atoms with Crippen molar-refractivity contribution in [3.05, 3.63) is 102 Å². The second kappa shape index (κ2) is 8.75. The molecule has 0 atom stereocenters. The molecule has 160 valence electrons. The first-order valence-corrected chi connectivity index (χ1v) is 10.9. The number of fused-ring (bicyclic) bond motifs is 2. The third kappa shape index (κ3) is 3.92. The molecule has 0 spiro atoms. The lowest BCUT2D eigenvalue weighted by Crippen LogP contribution is -2.13. The van der Waals surface area contributed by atoms with E-state index in [1.54, 1.807) is 0 Å². The van der Waals surface area contributed by atoms with Gasteiger partial charge in [-0.25, -0.2) is 4.98 Å². The van der Waals surface area contributed by atoms with Crippen LogP contribution in [0.4, 0.5) is 0 Å². The van der Waals surface area contributed by atoms with Crippen LogP contribution in [0.3, 0.4) is 0 Å². The molecule has 1 heterocycles. The first kappa shape index (κ1) is 20.1. The number of hydrogen-bond acceptors (Lipinski definition) is 3. The van der Waals surface area contributed by atoms with Crippen LogP contribution in [0.5, 0.6) is 11.5 Å². The Morgan fingerprint density at radius 1 is 0.750 bits per heavy atom. The highest BCUT2D eigenvalue weighted by molar-refractivity contribution is 5.88. The van der Waals surface area contributed by atoms with Gasteiger partial charge in [0.2, 0.25) is 0 Å². The number of benzene rings is 4. The monoisotopic (exact) mass is 422 g/mol. The topological polar surface area (TPSA) is 36.3 Å². The Morgan fingerprint density at radius 2 is 1.50 bits per heavy atom. The first-order valence-electron chi connectivity index (χ1n) is 10.9. The summed E-state index contributed by atoms with van der Waals surface area (Å²) in [5.74, 6) is 2.69. The van der Waals surface area contributed by atoms with E-state index in [1.807, 2.05) is 54.6 Å². The summed E-state index contributed by atoms with van der Waals surface area (Å²) in [6.45, 7) is 5.86. The summed E-state index contributed by atoms with van der Waals surface area (Å²) in [6.07, 6.45) is 0. The van der Waals surface area contributed by atoms with Crippen molar-refractivity contribution in [1.82, 2.24) is 9.55 Å². The molecule has 0 aliphatic carbocycles. The molecule has 32 heavy (non-hydrogen) atoms. The van der Waals surface area contributed by atoms with Crippen molar-refractivity contribution in [2.45, 2.75) is 27.0 Å². The molecule has 0 fully saturated rings. The van der Waals surface area contributed by atoms with Gasteiger partial charge in [-0.3, -0.25) is 0 Å². The zero-order valence-corrected chi connectivity index (χ0v) is 18.4. The van der Waals surface area contributed by atoms with Crippen LogP contribution < -0.4 is 9.47 Å². The van der Waals surface area contributed by atoms with Crippen molar-refractivity contribution in [2.75, 3.05) is 6.61 Å². The van der Waals surface area contributed by atoms with Crippen LogP contribution in [0.25, 0.3) is 21.8 Å². The highest BCUT2D eigenvalue weighted by Crippen LogP contribution is 2.27. The zero-order valence-electron chi connectivity index (χ0n) is 18.4. The molecule has 1 aromatic heterocycles. The molecular formula is C28H26N2O2. The predicted molar refractivity (Wildman–Crippen MR) is 129 cm³/mol. The summed E-state index contributed by atoms with van der Waals surface area (Å²) in [6, 6.07) is 28.8. The smallest absolute Gasteiger partial charge is 0.148 e. The van der Waals surface area contributed by atoms with E-state index in [1.165, 1.54) is 16.5 Å². The fraction of sp³-hybridized carbons (Fsp3) is 0.179. The van der Waals surface area contributed by atoms with Gasteiger partial charge in [0.05, 0.1) is 17.6 Å². The fourth-order valence-corrected chi connectivity index (χ4v) is 4.08. The SMILES string of the molecule is Cc1cccc(OCCn2c(COc3cccc4ccccc34)nc3ccccc32)c1C. The van der Waals surface area contributed by atoms with E-state index in [4.69, 9.17) is 14.5 Å². The highest BCUT2D eigenvalue weighted by atomic mass is 16.5. The van der Waals surface area contributed by atoms with Crippen LogP contribution in [0.2, 0.25) is 0 Å². The van der Waals surface area contributed by atoms with Gasteiger partial charge < -0.3 is 14.0 Å². The number of hydrogen-bond donors (Lipinski definition) is 0. The van der Waals surface area contributed by atoms with E-state index in [9.17, 15) is 0 Å². The summed E-state index contributed by atoms with van der Waals surface area (Å²) >= 11 is 0. The van der Waals surface area contributed by atoms with Crippen molar-refractivity contribution < 1.29 is 9.47 Å². The van der Waals surface area contributed by atoms with Gasteiger partial charge in [0, 0.05) is 5.39 Å². The Hall–Kier alpha value is -3.79. The molecule has 0 saturated carbocycles. The highest BCUT2D eigenvalue weighted by Gasteiger charge is 2.12. The van der Waals surface area contributed by atoms with E-state index >= 15 is 0 Å². The molecular weight excluding hydrogens is 396 g/mol. The van der Waals surface area contributed by atoms with Crippen molar-refractivity contribution in [1.29, 1.82) is 0 Å². The maximum Gasteiger partial charge on any atom is 0.148 e. The molecule has 0 N–H and O–H groups in total. The number of para-hydroxylation sites is 2. The molecule has 5 rings (SSSR count). The molecule has 0 unspecified atom stereocenters. The lowest BCUT2D eigenvalue weighted by molar-refractivity contribution is 0.273. The van der Waals surface area contributed by atoms with E-state index in [0.717, 1.165) is 33.7 Å². The number of aryl methyl sites for hydroxylation is 1. The Morgan fingerprint density at radius 3 is 2.44 bits per heavy atom. The molecule has 5 aromatic rings. The molecule has 0 saturated heterocycles. The van der Waals surface area contributed by atoms with Crippen LogP contribution >= 0.6 is 0 Å². The number of imidazole rings is 1. The van der Waals surface area contributed by atoms with Crippen LogP contribution in [0, 0.1) is 13.8 Å². The lowest BCUT2D eigenvalue weighted by Gasteiger charge is -2.14. The maximum absolute atomic E-state index is 6.25. The minimum Gasteiger partial charge on any atom is -0.491 e. The molecule has 0 aliphatic rings. The predicted octanol–water partition coefficient (Wildman–Crippen LogP) is 6.46. The molecule has 0 radical (unpaired) electrons. The van der Waals surface area contributed by atoms with Gasteiger partial charge in [0.25, 0.3) is 0 Å². The third-order valence-electron chi connectivity index (χ3n) is 5.97. The number of nitrogens with zero attached hydrogens (tertiary/aromatic N) is 2. The zero-order chi connectivity index (χ0) is 21.9. The average molecular weight is 423 g/mol. The second-order valence-corrected chi connectivity index (χ2v) is 7.98. The van der Waals surface area contributed by atoms with E-state index in [-0.39, 0.29) is 0 Å². The van der Waals surface area contributed by atoms with Crippen molar-refractivity contribution in [3.8, 4) is 11.5 Å². The molecule has 0 bridgehead atoms. The second-order valence-electron chi connectivity index (χ2n) is 7.98. The largest absolute Gasteiger partial charge is 0.491 e. The van der Waals surface area contributed by atoms with E-state index in [2.05, 4.69) is 48.7 Å². The molecule has 4 aromatic carbocycles. The summed E-state index contributed by atoms with van der Waals surface area (Å²) < 4.78 is 14.6. The van der Waals surface area contributed by atoms with Crippen LogP contribution in [0.15, 0.2) is 84.9 Å². The molecule has 4 heteroatoms. The Balaban J connectivity index is 1.38. The van der Waals surface area contributed by atoms with Crippen LogP contribution in [-0.4, -0.2) is 16.2 Å². The first-order chi connectivity index (χ1) is 15.7. The van der Waals surface area contributed by atoms with Gasteiger partial charge in [-0.2, -0.15) is 0 Å². The fourth-order valence-electron chi connectivity index (χ4n) is 4.08. The summed E-state index contributed by atoms with van der Waals surface area (Å²) in [7, 11) is 0. The molecule has 4 nitrogen and oxygen atoms in total. The maximum atomic E-state index is 6.25. The Bertz CT molecular complexity index is 1380. The van der Waals surface area contributed by atoms with Gasteiger partial charge in [0.1, 0.15) is 30.5 Å². The van der Waals surface area contributed by atoms with Crippen molar-refractivity contribution in [2.24, 2.45) is 0 Å². The molecule has 0 amide bonds. The molecule has 0 aliphatic heterocycles. The van der Waals surface area contributed by atoms with Gasteiger partial charge in [-0.15, -0.1) is 0 Å². The lowest BCUT2D eigenvalue weighted by atomic mass is 10.1. The summed E-state index contributed by atoms with van der Waals surface area (Å²) in [5, 5.41) is 2.27. The summed E-state index contributed by atoms with van der Waals surface area (Å²) in [5.41, 5.74) is 4.48. The number of ether oxygens (including phenoxy) is 2. The minimum absolute atomic E-state index is 0.395. The van der Waals surface area contributed by atoms with Gasteiger partial charge in [-0.1, -0.05) is 60.7 Å². The van der Waals surface area contributed by atoms with Gasteiger partial charge in [-0.05, 0) is 54.6 Å². The normalized spacial score (nSPS) is 11.2. The Kier molecular flexibility index (Phi) is 5.51. The third-order valence-corrected chi connectivity index (χ3v) is 5.97. The van der Waals surface area contributed by atoms with Crippen molar-refractivity contribution >= 4 is 21.8 Å². The minimum atomic E-state index is 0.395. The van der Waals surface area contributed by atoms with Gasteiger partial charge >= 0.3 is 0 Å². The number of aromatic nitrogens is 2. The van der Waals surface area contributed by atoms with E-state index < -0.39 is 0 Å². The average Bonchev–Trinajstić information content (AvgIpc) is 3.18. The van der Waals surface area contributed by atoms with Crippen molar-refractivity contribution in [3.63, 3.8) is 0 Å². The standard InChI is InChI=1S/C28H26N2O2/c1-20-9-7-15-26(21(20)2)31-18-17-30-25-14-6-5-13-24(25)29-28(30)19-32-27-16-8-11-22-10-3-4-12-23(22)27/h3-16H,17-19H2,1-2H3. The summed E-state index contributed by atoms with van der Waals surface area (Å²) in [4.78, 5) is 4.85. The van der Waals surface area contributed by atoms with Gasteiger partial charge in [0.15, 0.2) is 0 Å². The van der Waals surface area contributed by atoms with E-state index in [0.29, 0.717) is 19.8 Å². The van der Waals surface area contributed by atoms with Crippen LogP contribution in [-0.2, 0) is 13.2 Å².